The lowest BCUT2D eigenvalue weighted by Crippen LogP contribution is -2.60. The van der Waals surface area contributed by atoms with Crippen LogP contribution in [0.3, 0.4) is 0 Å². The Bertz CT molecular complexity index is 569. The topological polar surface area (TPSA) is 74.7 Å². The third-order valence-electron chi connectivity index (χ3n) is 2.98. The fraction of sp³-hybridized carbons (Fsp3) is 0.364. The molecule has 0 spiro atoms. The zero-order valence-corrected chi connectivity index (χ0v) is 10.4. The van der Waals surface area contributed by atoms with E-state index in [1.54, 1.807) is 6.92 Å². The molecule has 2 atom stereocenters. The molecule has 0 aromatic heterocycles. The first-order valence-corrected chi connectivity index (χ1v) is 6.80. The summed E-state index contributed by atoms with van der Waals surface area (Å²) >= 11 is 0. The lowest BCUT2D eigenvalue weighted by molar-refractivity contribution is -0.146. The molecule has 0 bridgehead atoms. The minimum Gasteiger partial charge on any atom is -0.480 e. The zero-order chi connectivity index (χ0) is 13.5. The maximum Gasteiger partial charge on any atom is 0.322 e. The number of hydrogen-bond donors (Lipinski definition) is 1. The van der Waals surface area contributed by atoms with E-state index in [4.69, 9.17) is 5.11 Å². The molecule has 18 heavy (non-hydrogen) atoms. The van der Waals surface area contributed by atoms with Crippen molar-refractivity contribution >= 4 is 16.0 Å². The van der Waals surface area contributed by atoms with Crippen LogP contribution >= 0.6 is 0 Å². The van der Waals surface area contributed by atoms with E-state index < -0.39 is 27.9 Å². The van der Waals surface area contributed by atoms with Gasteiger partial charge in [-0.15, -0.1) is 0 Å². The van der Waals surface area contributed by atoms with E-state index in [0.29, 0.717) is 0 Å². The molecule has 1 N–H and O–H groups in total. The van der Waals surface area contributed by atoms with Crippen molar-refractivity contribution in [3.8, 4) is 0 Å². The predicted molar refractivity (Wildman–Crippen MR) is 60.9 cm³/mol. The molecule has 2 rings (SSSR count). The van der Waals surface area contributed by atoms with Gasteiger partial charge in [0.05, 0.1) is 4.90 Å². The number of halogens is 1. The molecule has 7 heteroatoms. The number of carboxylic acid groups (broad SMARTS) is 1. The van der Waals surface area contributed by atoms with Crippen molar-refractivity contribution in [1.82, 2.24) is 4.31 Å². The van der Waals surface area contributed by atoms with Gasteiger partial charge in [-0.3, -0.25) is 4.79 Å². The number of aliphatic carboxylic acids is 1. The van der Waals surface area contributed by atoms with Gasteiger partial charge in [0.2, 0.25) is 10.0 Å². The highest BCUT2D eigenvalue weighted by Gasteiger charge is 2.48. The van der Waals surface area contributed by atoms with Gasteiger partial charge in [-0.25, -0.2) is 12.8 Å². The van der Waals surface area contributed by atoms with Crippen LogP contribution in [0.5, 0.6) is 0 Å². The van der Waals surface area contributed by atoms with Crippen LogP contribution in [-0.4, -0.2) is 35.9 Å². The summed E-state index contributed by atoms with van der Waals surface area (Å²) < 4.78 is 38.1. The number of carbonyl (C=O) groups is 1. The van der Waals surface area contributed by atoms with Gasteiger partial charge < -0.3 is 5.11 Å². The summed E-state index contributed by atoms with van der Waals surface area (Å²) in [6.07, 6.45) is 0.287. The van der Waals surface area contributed by atoms with Crippen LogP contribution in [0.2, 0.25) is 0 Å². The quantitative estimate of drug-likeness (QED) is 0.893. The smallest absolute Gasteiger partial charge is 0.322 e. The lowest BCUT2D eigenvalue weighted by Gasteiger charge is -2.42. The van der Waals surface area contributed by atoms with Crippen molar-refractivity contribution in [2.24, 2.45) is 0 Å². The van der Waals surface area contributed by atoms with E-state index in [1.165, 1.54) is 0 Å². The van der Waals surface area contributed by atoms with Crippen LogP contribution in [0.1, 0.15) is 13.3 Å². The van der Waals surface area contributed by atoms with Gasteiger partial charge in [0, 0.05) is 6.04 Å². The number of nitrogens with zero attached hydrogens (tertiary/aromatic N) is 1. The van der Waals surface area contributed by atoms with Crippen LogP contribution in [0, 0.1) is 5.82 Å². The first kappa shape index (κ1) is 13.0. The Kier molecular flexibility index (Phi) is 3.12. The van der Waals surface area contributed by atoms with E-state index >= 15 is 0 Å². The maximum atomic E-state index is 12.8. The van der Waals surface area contributed by atoms with Crippen molar-refractivity contribution in [1.29, 1.82) is 0 Å². The van der Waals surface area contributed by atoms with Crippen molar-refractivity contribution in [2.45, 2.75) is 30.3 Å². The fourth-order valence-electron chi connectivity index (χ4n) is 2.04. The summed E-state index contributed by atoms with van der Waals surface area (Å²) in [4.78, 5) is 10.8. The van der Waals surface area contributed by atoms with E-state index in [-0.39, 0.29) is 17.4 Å². The first-order chi connectivity index (χ1) is 8.34. The van der Waals surface area contributed by atoms with Crippen LogP contribution in [0.4, 0.5) is 4.39 Å². The normalized spacial score (nSPS) is 24.6. The second-order valence-electron chi connectivity index (χ2n) is 4.23. The molecule has 1 fully saturated rings. The molecule has 0 saturated carbocycles. The molecule has 98 valence electrons. The molecular formula is C11H12FNO4S. The van der Waals surface area contributed by atoms with Gasteiger partial charge >= 0.3 is 5.97 Å². The zero-order valence-electron chi connectivity index (χ0n) is 9.58. The Balaban J connectivity index is 2.36. The molecule has 0 aliphatic carbocycles. The third kappa shape index (κ3) is 1.99. The monoisotopic (exact) mass is 273 g/mol. The molecule has 5 nitrogen and oxygen atoms in total. The molecule has 0 amide bonds. The minimum absolute atomic E-state index is 0.0956. The molecule has 1 aliphatic heterocycles. The van der Waals surface area contributed by atoms with Crippen LogP contribution < -0.4 is 0 Å². The Morgan fingerprint density at radius 3 is 2.39 bits per heavy atom. The molecule has 1 aromatic rings. The van der Waals surface area contributed by atoms with Crippen LogP contribution in [0.25, 0.3) is 0 Å². The third-order valence-corrected chi connectivity index (χ3v) is 5.02. The molecule has 1 heterocycles. The minimum atomic E-state index is -3.88. The summed E-state index contributed by atoms with van der Waals surface area (Å²) in [5, 5.41) is 8.91. The average Bonchev–Trinajstić information content (AvgIpc) is 2.25. The van der Waals surface area contributed by atoms with E-state index in [9.17, 15) is 17.6 Å². The second-order valence-corrected chi connectivity index (χ2v) is 6.07. The highest BCUT2D eigenvalue weighted by molar-refractivity contribution is 7.89. The SMILES string of the molecule is C[C@H]1C[C@@H](C(=O)O)N1S(=O)(=O)c1ccc(F)cc1. The fourth-order valence-corrected chi connectivity index (χ4v) is 3.84. The molecule has 1 aliphatic rings. The molecule has 0 unspecified atom stereocenters. The molecule has 1 saturated heterocycles. The largest absolute Gasteiger partial charge is 0.480 e. The molecule has 1 aromatic carbocycles. The Hall–Kier alpha value is -1.47. The van der Waals surface area contributed by atoms with Gasteiger partial charge in [-0.05, 0) is 37.6 Å². The summed E-state index contributed by atoms with van der Waals surface area (Å²) in [6, 6.07) is 2.94. The lowest BCUT2D eigenvalue weighted by atomic mass is 9.99. The Morgan fingerprint density at radius 2 is 1.94 bits per heavy atom. The average molecular weight is 273 g/mol. The van der Waals surface area contributed by atoms with Crippen LogP contribution in [0.15, 0.2) is 29.2 Å². The van der Waals surface area contributed by atoms with Crippen molar-refractivity contribution in [3.05, 3.63) is 30.1 Å². The predicted octanol–water partition coefficient (Wildman–Crippen LogP) is 1.06. The summed E-state index contributed by atoms with van der Waals surface area (Å²) in [6.45, 7) is 1.64. The standard InChI is InChI=1S/C11H12FNO4S/c1-7-6-10(11(14)15)13(7)18(16,17)9-4-2-8(12)3-5-9/h2-5,7,10H,6H2,1H3,(H,14,15)/t7-,10-/m0/s1. The number of hydrogen-bond acceptors (Lipinski definition) is 3. The van der Waals surface area contributed by atoms with Gasteiger partial charge in [0.25, 0.3) is 0 Å². The van der Waals surface area contributed by atoms with Crippen molar-refractivity contribution < 1.29 is 22.7 Å². The number of benzene rings is 1. The van der Waals surface area contributed by atoms with Gasteiger partial charge in [0.1, 0.15) is 11.9 Å². The first-order valence-electron chi connectivity index (χ1n) is 5.36. The van der Waals surface area contributed by atoms with Gasteiger partial charge in [0.15, 0.2) is 0 Å². The molecular weight excluding hydrogens is 261 g/mol. The van der Waals surface area contributed by atoms with Crippen molar-refractivity contribution in [2.75, 3.05) is 0 Å². The highest BCUT2D eigenvalue weighted by atomic mass is 32.2. The number of rotatable bonds is 3. The second kappa shape index (κ2) is 4.33. The van der Waals surface area contributed by atoms with E-state index in [1.807, 2.05) is 0 Å². The summed E-state index contributed by atoms with van der Waals surface area (Å²) in [5.74, 6) is -1.71. The van der Waals surface area contributed by atoms with E-state index in [2.05, 4.69) is 0 Å². The highest BCUT2D eigenvalue weighted by Crippen LogP contribution is 2.32. The van der Waals surface area contributed by atoms with Crippen molar-refractivity contribution in [3.63, 3.8) is 0 Å². The molecule has 0 radical (unpaired) electrons. The Morgan fingerprint density at radius 1 is 1.39 bits per heavy atom. The van der Waals surface area contributed by atoms with Gasteiger partial charge in [-0.1, -0.05) is 0 Å². The maximum absolute atomic E-state index is 12.8. The van der Waals surface area contributed by atoms with E-state index in [0.717, 1.165) is 28.6 Å². The van der Waals surface area contributed by atoms with Gasteiger partial charge in [-0.2, -0.15) is 4.31 Å². The van der Waals surface area contributed by atoms with Crippen LogP contribution in [-0.2, 0) is 14.8 Å². The Labute approximate surface area is 104 Å². The number of sulfonamides is 1. The summed E-state index contributed by atoms with van der Waals surface area (Å²) in [7, 11) is -3.88. The summed E-state index contributed by atoms with van der Waals surface area (Å²) in [5.41, 5.74) is 0. The number of carboxylic acids is 1.